The number of aromatic amines is 1. The Hall–Kier alpha value is -1.22. The van der Waals surface area contributed by atoms with Crippen LogP contribution >= 0.6 is 0 Å². The number of rotatable bonds is 1. The molecule has 54 valence electrons. The molecule has 0 fully saturated rings. The number of benzene rings is 1. The first-order valence-electron chi connectivity index (χ1n) is 3.28. The molecular formula is C8H6NOS+. The Morgan fingerprint density at radius 2 is 2.09 bits per heavy atom. The van der Waals surface area contributed by atoms with Crippen molar-refractivity contribution < 1.29 is 4.21 Å². The van der Waals surface area contributed by atoms with Crippen LogP contribution in [0.2, 0.25) is 0 Å². The minimum Gasteiger partial charge on any atom is -0.310 e. The van der Waals surface area contributed by atoms with Gasteiger partial charge in [-0.2, -0.15) is 0 Å². The highest BCUT2D eigenvalue weighted by Crippen LogP contribution is 2.17. The van der Waals surface area contributed by atoms with Gasteiger partial charge in [0.1, 0.15) is 0 Å². The molecular weight excluding hydrogens is 158 g/mol. The van der Waals surface area contributed by atoms with Crippen molar-refractivity contribution in [3.63, 3.8) is 0 Å². The number of fused-ring (bicyclic) bond motifs is 1. The van der Waals surface area contributed by atoms with E-state index < -0.39 is 0 Å². The summed E-state index contributed by atoms with van der Waals surface area (Å²) in [5, 5.41) is 2.79. The van der Waals surface area contributed by atoms with Crippen molar-refractivity contribution >= 4 is 22.4 Å². The van der Waals surface area contributed by atoms with Crippen LogP contribution in [0.4, 0.5) is 0 Å². The van der Waals surface area contributed by atoms with Gasteiger partial charge in [-0.25, -0.2) is 0 Å². The van der Waals surface area contributed by atoms with Crippen molar-refractivity contribution in [2.24, 2.45) is 0 Å². The smallest absolute Gasteiger partial charge is 0.310 e. The van der Waals surface area contributed by atoms with Crippen molar-refractivity contribution in [2.75, 3.05) is 0 Å². The predicted octanol–water partition coefficient (Wildman–Crippen LogP) is 1.95. The first-order valence-corrected chi connectivity index (χ1v) is 4.02. The molecule has 1 aromatic carbocycles. The SMILES string of the molecule is O=[S+]c1[nH]cc2ccccc12. The first-order chi connectivity index (χ1) is 5.42. The van der Waals surface area contributed by atoms with Gasteiger partial charge in [0, 0.05) is 15.8 Å². The molecule has 0 radical (unpaired) electrons. The third kappa shape index (κ3) is 0.935. The average molecular weight is 164 g/mol. The average Bonchev–Trinajstić information content (AvgIpc) is 2.47. The third-order valence-electron chi connectivity index (χ3n) is 1.65. The second kappa shape index (κ2) is 2.43. The molecule has 1 N–H and O–H groups in total. The normalized spacial score (nSPS) is 10.2. The van der Waals surface area contributed by atoms with Gasteiger partial charge in [-0.15, -0.1) is 0 Å². The highest BCUT2D eigenvalue weighted by Gasteiger charge is 2.12. The second-order valence-corrected chi connectivity index (χ2v) is 2.86. The van der Waals surface area contributed by atoms with Crippen molar-refractivity contribution in [2.45, 2.75) is 5.03 Å². The highest BCUT2D eigenvalue weighted by molar-refractivity contribution is 7.65. The Labute approximate surface area is 67.7 Å². The molecule has 0 saturated carbocycles. The van der Waals surface area contributed by atoms with Crippen LogP contribution in [-0.4, -0.2) is 4.98 Å². The van der Waals surface area contributed by atoms with Crippen LogP contribution in [0.5, 0.6) is 0 Å². The fraction of sp³-hybridized carbons (Fsp3) is 0. The van der Waals surface area contributed by atoms with Gasteiger partial charge in [-0.05, 0) is 6.07 Å². The summed E-state index contributed by atoms with van der Waals surface area (Å²) in [6.07, 6.45) is 1.84. The zero-order chi connectivity index (χ0) is 7.68. The molecule has 11 heavy (non-hydrogen) atoms. The van der Waals surface area contributed by atoms with Crippen LogP contribution in [-0.2, 0) is 15.9 Å². The number of aromatic nitrogens is 1. The molecule has 1 aromatic heterocycles. The van der Waals surface area contributed by atoms with E-state index in [2.05, 4.69) is 4.98 Å². The standard InChI is InChI=1S/C8H6NOS/c10-11-8-7-4-2-1-3-6(7)5-9-8/h1-5,9H/q+1. The van der Waals surface area contributed by atoms with Crippen molar-refractivity contribution in [3.8, 4) is 0 Å². The summed E-state index contributed by atoms with van der Waals surface area (Å²) in [4.78, 5) is 2.91. The molecule has 0 amide bonds. The number of H-pyrrole nitrogens is 1. The molecule has 0 bridgehead atoms. The summed E-state index contributed by atoms with van der Waals surface area (Å²) < 4.78 is 10.5. The van der Waals surface area contributed by atoms with Gasteiger partial charge in [-0.3, -0.25) is 0 Å². The topological polar surface area (TPSA) is 32.9 Å². The van der Waals surface area contributed by atoms with Crippen LogP contribution in [0.1, 0.15) is 0 Å². The van der Waals surface area contributed by atoms with E-state index in [0.717, 1.165) is 10.8 Å². The number of hydrogen-bond acceptors (Lipinski definition) is 1. The van der Waals surface area contributed by atoms with Crippen LogP contribution < -0.4 is 0 Å². The maximum absolute atomic E-state index is 10.5. The maximum atomic E-state index is 10.5. The fourth-order valence-corrected chi connectivity index (χ4v) is 1.50. The molecule has 2 aromatic rings. The lowest BCUT2D eigenvalue weighted by molar-refractivity contribution is 0.604. The minimum absolute atomic E-state index is 0.499. The Balaban J connectivity index is 2.86. The molecule has 2 nitrogen and oxygen atoms in total. The van der Waals surface area contributed by atoms with Crippen LogP contribution in [0.3, 0.4) is 0 Å². The largest absolute Gasteiger partial charge is 0.525 e. The van der Waals surface area contributed by atoms with E-state index in [4.69, 9.17) is 0 Å². The van der Waals surface area contributed by atoms with Gasteiger partial charge in [-0.1, -0.05) is 18.2 Å². The summed E-state index contributed by atoms with van der Waals surface area (Å²) >= 11 is 0.499. The molecule has 0 aliphatic rings. The summed E-state index contributed by atoms with van der Waals surface area (Å²) in [5.41, 5.74) is 0. The van der Waals surface area contributed by atoms with Crippen molar-refractivity contribution in [3.05, 3.63) is 30.5 Å². The molecule has 0 unspecified atom stereocenters. The second-order valence-electron chi connectivity index (χ2n) is 2.29. The zero-order valence-corrected chi connectivity index (χ0v) is 6.52. The van der Waals surface area contributed by atoms with E-state index in [1.54, 1.807) is 0 Å². The van der Waals surface area contributed by atoms with Gasteiger partial charge in [0.25, 0.3) is 0 Å². The Kier molecular flexibility index (Phi) is 1.43. The van der Waals surface area contributed by atoms with Gasteiger partial charge in [0.15, 0.2) is 0 Å². The zero-order valence-electron chi connectivity index (χ0n) is 5.70. The van der Waals surface area contributed by atoms with Crippen LogP contribution in [0.15, 0.2) is 35.5 Å². The van der Waals surface area contributed by atoms with Gasteiger partial charge >= 0.3 is 16.7 Å². The lowest BCUT2D eigenvalue weighted by Crippen LogP contribution is -1.70. The van der Waals surface area contributed by atoms with E-state index in [1.165, 1.54) is 0 Å². The number of hydrogen-bond donors (Lipinski definition) is 1. The molecule has 2 rings (SSSR count). The lowest BCUT2D eigenvalue weighted by atomic mass is 10.2. The van der Waals surface area contributed by atoms with E-state index >= 15 is 0 Å². The predicted molar refractivity (Wildman–Crippen MR) is 44.6 cm³/mol. The summed E-state index contributed by atoms with van der Waals surface area (Å²) in [7, 11) is 0. The van der Waals surface area contributed by atoms with Gasteiger partial charge in [0.2, 0.25) is 0 Å². The monoisotopic (exact) mass is 164 g/mol. The number of nitrogens with one attached hydrogen (secondary N) is 1. The van der Waals surface area contributed by atoms with Crippen LogP contribution in [0, 0.1) is 0 Å². The molecule has 0 saturated heterocycles. The van der Waals surface area contributed by atoms with E-state index in [1.807, 2.05) is 30.5 Å². The lowest BCUT2D eigenvalue weighted by Gasteiger charge is -1.80. The first kappa shape index (κ1) is 6.49. The summed E-state index contributed by atoms with van der Waals surface area (Å²) in [5.74, 6) is 0. The highest BCUT2D eigenvalue weighted by atomic mass is 32.1. The van der Waals surface area contributed by atoms with E-state index in [0.29, 0.717) is 16.7 Å². The molecule has 0 spiro atoms. The third-order valence-corrected chi connectivity index (χ3v) is 2.15. The molecule has 0 aliphatic heterocycles. The maximum Gasteiger partial charge on any atom is 0.525 e. The van der Waals surface area contributed by atoms with Crippen LogP contribution in [0.25, 0.3) is 10.8 Å². The van der Waals surface area contributed by atoms with E-state index in [9.17, 15) is 4.21 Å². The fourth-order valence-electron chi connectivity index (χ4n) is 1.12. The minimum atomic E-state index is 0.499. The molecule has 3 heteroatoms. The molecule has 0 atom stereocenters. The molecule has 0 aliphatic carbocycles. The quantitative estimate of drug-likeness (QED) is 0.642. The Morgan fingerprint density at radius 3 is 2.91 bits per heavy atom. The van der Waals surface area contributed by atoms with Gasteiger partial charge < -0.3 is 4.98 Å². The Bertz CT molecular complexity index is 394. The summed E-state index contributed by atoms with van der Waals surface area (Å²) in [6, 6.07) is 7.79. The van der Waals surface area contributed by atoms with Gasteiger partial charge in [0.05, 0.1) is 5.39 Å². The Morgan fingerprint density at radius 1 is 1.27 bits per heavy atom. The van der Waals surface area contributed by atoms with E-state index in [-0.39, 0.29) is 0 Å². The van der Waals surface area contributed by atoms with Crippen molar-refractivity contribution in [1.82, 2.24) is 4.98 Å². The van der Waals surface area contributed by atoms with Crippen molar-refractivity contribution in [1.29, 1.82) is 0 Å². The molecule has 1 heterocycles. The summed E-state index contributed by atoms with van der Waals surface area (Å²) in [6.45, 7) is 0.